The molecule has 2 saturated heterocycles. The third-order valence-electron chi connectivity index (χ3n) is 6.94. The molecule has 0 unspecified atom stereocenters. The summed E-state index contributed by atoms with van der Waals surface area (Å²) in [7, 11) is -3.61. The van der Waals surface area contributed by atoms with Crippen LogP contribution in [0.25, 0.3) is 0 Å². The molecule has 7 nitrogen and oxygen atoms in total. The summed E-state index contributed by atoms with van der Waals surface area (Å²) in [5.41, 5.74) is 1.20. The van der Waals surface area contributed by atoms with Crippen LogP contribution >= 0.6 is 0 Å². The van der Waals surface area contributed by atoms with Crippen LogP contribution < -0.4 is 5.32 Å². The number of ether oxygens (including phenoxy) is 2. The highest BCUT2D eigenvalue weighted by Gasteiger charge is 2.38. The van der Waals surface area contributed by atoms with Gasteiger partial charge in [-0.1, -0.05) is 42.5 Å². The topological polar surface area (TPSA) is 84.9 Å². The Kier molecular flexibility index (Phi) is 8.21. The first-order chi connectivity index (χ1) is 16.9. The summed E-state index contributed by atoms with van der Waals surface area (Å²) in [6.07, 6.45) is 2.45. The number of hydrogen-bond acceptors (Lipinski definition) is 6. The zero-order valence-corrected chi connectivity index (χ0v) is 20.9. The summed E-state index contributed by atoms with van der Waals surface area (Å²) in [4.78, 5) is 11.9. The molecule has 2 aliphatic heterocycles. The van der Waals surface area contributed by atoms with E-state index in [-0.39, 0.29) is 19.1 Å². The molecule has 0 radical (unpaired) electrons. The van der Waals surface area contributed by atoms with Gasteiger partial charge in [-0.2, -0.15) is 4.31 Å². The van der Waals surface area contributed by atoms with Crippen molar-refractivity contribution in [3.8, 4) is 0 Å². The molecule has 0 aromatic heterocycles. The molecule has 190 valence electrons. The SMILES string of the molecule is CCOC(=O)CNC1(c2ccc(CN3CCC[C@H](c4ccccc4)S3(=O)=O)c(F)c2)CCOCC1. The molecule has 35 heavy (non-hydrogen) atoms. The van der Waals surface area contributed by atoms with Gasteiger partial charge in [0.25, 0.3) is 0 Å². The smallest absolute Gasteiger partial charge is 0.319 e. The Morgan fingerprint density at radius 3 is 2.63 bits per heavy atom. The summed E-state index contributed by atoms with van der Waals surface area (Å²) < 4.78 is 53.9. The number of esters is 1. The number of halogens is 1. The molecule has 2 fully saturated rings. The maximum absolute atomic E-state index is 15.3. The van der Waals surface area contributed by atoms with Crippen LogP contribution in [0.5, 0.6) is 0 Å². The molecule has 0 saturated carbocycles. The summed E-state index contributed by atoms with van der Waals surface area (Å²) in [5, 5.41) is 2.66. The van der Waals surface area contributed by atoms with Crippen LogP contribution in [0.3, 0.4) is 0 Å². The van der Waals surface area contributed by atoms with Crippen LogP contribution in [0.4, 0.5) is 4.39 Å². The second-order valence-electron chi connectivity index (χ2n) is 9.08. The fourth-order valence-corrected chi connectivity index (χ4v) is 7.02. The van der Waals surface area contributed by atoms with E-state index in [1.54, 1.807) is 13.0 Å². The van der Waals surface area contributed by atoms with E-state index in [1.807, 2.05) is 36.4 Å². The highest BCUT2D eigenvalue weighted by molar-refractivity contribution is 7.89. The first-order valence-corrected chi connectivity index (χ1v) is 13.7. The average Bonchev–Trinajstić information content (AvgIpc) is 2.86. The first-order valence-electron chi connectivity index (χ1n) is 12.2. The van der Waals surface area contributed by atoms with Gasteiger partial charge in [-0.3, -0.25) is 10.1 Å². The minimum absolute atomic E-state index is 0.00978. The number of rotatable bonds is 8. The van der Waals surface area contributed by atoms with Crippen LogP contribution in [-0.4, -0.2) is 51.6 Å². The fourth-order valence-electron chi connectivity index (χ4n) is 4.99. The molecule has 2 aromatic rings. The Morgan fingerprint density at radius 1 is 1.20 bits per heavy atom. The van der Waals surface area contributed by atoms with Gasteiger partial charge in [0, 0.05) is 37.4 Å². The standard InChI is InChI=1S/C26H33FN2O5S/c1-2-34-25(30)18-28-26(12-15-33-16-13-26)22-11-10-21(23(27)17-22)19-29-14-6-9-24(35(29,31)32)20-7-4-3-5-8-20/h3-5,7-8,10-11,17,24,28H,2,6,9,12-16,18-19H2,1H3/t24-/m1/s1. The van der Waals surface area contributed by atoms with Crippen LogP contribution in [0.1, 0.15) is 54.5 Å². The Hall–Kier alpha value is -2.33. The number of benzene rings is 2. The maximum atomic E-state index is 15.3. The summed E-state index contributed by atoms with van der Waals surface area (Å²) in [6, 6.07) is 14.2. The molecule has 1 atom stereocenters. The lowest BCUT2D eigenvalue weighted by atomic mass is 9.82. The van der Waals surface area contributed by atoms with E-state index in [9.17, 15) is 13.2 Å². The van der Waals surface area contributed by atoms with E-state index in [1.165, 1.54) is 10.4 Å². The molecule has 9 heteroatoms. The maximum Gasteiger partial charge on any atom is 0.319 e. The highest BCUT2D eigenvalue weighted by Crippen LogP contribution is 2.36. The van der Waals surface area contributed by atoms with Crippen molar-refractivity contribution in [1.29, 1.82) is 0 Å². The zero-order valence-electron chi connectivity index (χ0n) is 20.0. The third kappa shape index (κ3) is 5.74. The van der Waals surface area contributed by atoms with E-state index < -0.39 is 26.6 Å². The van der Waals surface area contributed by atoms with Crippen molar-refractivity contribution in [2.24, 2.45) is 0 Å². The second-order valence-corrected chi connectivity index (χ2v) is 11.2. The van der Waals surface area contributed by atoms with E-state index >= 15 is 4.39 Å². The zero-order chi connectivity index (χ0) is 24.9. The fraction of sp³-hybridized carbons (Fsp3) is 0.500. The van der Waals surface area contributed by atoms with E-state index in [4.69, 9.17) is 9.47 Å². The van der Waals surface area contributed by atoms with Crippen LogP contribution in [0, 0.1) is 5.82 Å². The van der Waals surface area contributed by atoms with Crippen molar-refractivity contribution in [2.75, 3.05) is 32.9 Å². The number of carbonyl (C=O) groups is 1. The third-order valence-corrected chi connectivity index (χ3v) is 9.20. The molecule has 1 N–H and O–H groups in total. The number of carbonyl (C=O) groups excluding carboxylic acids is 1. The Labute approximate surface area is 206 Å². The number of sulfonamides is 1. The minimum Gasteiger partial charge on any atom is -0.465 e. The van der Waals surface area contributed by atoms with Crippen LogP contribution in [0.2, 0.25) is 0 Å². The Morgan fingerprint density at radius 2 is 1.94 bits per heavy atom. The number of nitrogens with zero attached hydrogens (tertiary/aromatic N) is 1. The Bertz CT molecular complexity index is 1120. The van der Waals surface area contributed by atoms with Gasteiger partial charge < -0.3 is 9.47 Å². The summed E-state index contributed by atoms with van der Waals surface area (Å²) in [6.45, 7) is 3.41. The van der Waals surface area contributed by atoms with Gasteiger partial charge in [-0.15, -0.1) is 0 Å². The van der Waals surface area contributed by atoms with Gasteiger partial charge in [0.2, 0.25) is 10.0 Å². The molecule has 0 bridgehead atoms. The van der Waals surface area contributed by atoms with Gasteiger partial charge >= 0.3 is 5.97 Å². The van der Waals surface area contributed by atoms with Gasteiger partial charge in [-0.05, 0) is 49.8 Å². The minimum atomic E-state index is -3.61. The number of nitrogens with one attached hydrogen (secondary N) is 1. The van der Waals surface area contributed by atoms with Gasteiger partial charge in [-0.25, -0.2) is 12.8 Å². The van der Waals surface area contributed by atoms with Crippen molar-refractivity contribution in [3.05, 3.63) is 71.0 Å². The highest BCUT2D eigenvalue weighted by atomic mass is 32.2. The molecule has 2 aromatic carbocycles. The lowest BCUT2D eigenvalue weighted by Crippen LogP contribution is -2.49. The van der Waals surface area contributed by atoms with Crippen molar-refractivity contribution >= 4 is 16.0 Å². The van der Waals surface area contributed by atoms with E-state index in [0.717, 1.165) is 17.5 Å². The van der Waals surface area contributed by atoms with Crippen molar-refractivity contribution in [2.45, 2.75) is 49.9 Å². The average molecular weight is 505 g/mol. The van der Waals surface area contributed by atoms with Crippen molar-refractivity contribution < 1.29 is 27.1 Å². The summed E-state index contributed by atoms with van der Waals surface area (Å²) >= 11 is 0. The van der Waals surface area contributed by atoms with Crippen molar-refractivity contribution in [1.82, 2.24) is 9.62 Å². The summed E-state index contributed by atoms with van der Waals surface area (Å²) in [5.74, 6) is -0.818. The number of hydrogen-bond donors (Lipinski definition) is 1. The van der Waals surface area contributed by atoms with Crippen LogP contribution in [-0.2, 0) is 36.4 Å². The molecular formula is C26H33FN2O5S. The van der Waals surface area contributed by atoms with Gasteiger partial charge in [0.1, 0.15) is 11.1 Å². The molecule has 0 amide bonds. The first kappa shape index (κ1) is 25.8. The lowest BCUT2D eigenvalue weighted by molar-refractivity contribution is -0.142. The molecule has 2 aliphatic rings. The normalized spacial score (nSPS) is 21.9. The molecular weight excluding hydrogens is 471 g/mol. The lowest BCUT2D eigenvalue weighted by Gasteiger charge is -2.39. The van der Waals surface area contributed by atoms with Crippen LogP contribution in [0.15, 0.2) is 48.5 Å². The predicted octanol–water partition coefficient (Wildman–Crippen LogP) is 3.65. The molecule has 4 rings (SSSR count). The predicted molar refractivity (Wildman–Crippen MR) is 131 cm³/mol. The second kappa shape index (κ2) is 11.2. The van der Waals surface area contributed by atoms with Gasteiger partial charge in [0.15, 0.2) is 0 Å². The van der Waals surface area contributed by atoms with Crippen molar-refractivity contribution in [3.63, 3.8) is 0 Å². The Balaban J connectivity index is 1.53. The molecule has 0 spiro atoms. The molecule has 2 heterocycles. The molecule has 0 aliphatic carbocycles. The quantitative estimate of drug-likeness (QED) is 0.553. The van der Waals surface area contributed by atoms with Gasteiger partial charge in [0.05, 0.1) is 13.2 Å². The van der Waals surface area contributed by atoms with E-state index in [0.29, 0.717) is 51.2 Å². The largest absolute Gasteiger partial charge is 0.465 e. The monoisotopic (exact) mass is 504 g/mol. The van der Waals surface area contributed by atoms with E-state index in [2.05, 4.69) is 5.32 Å².